The predicted octanol–water partition coefficient (Wildman–Crippen LogP) is 3.35. The smallest absolute Gasteiger partial charge is 0.137 e. The van der Waals surface area contributed by atoms with Crippen molar-refractivity contribution in [2.24, 2.45) is 0 Å². The molecule has 17 heavy (non-hydrogen) atoms. The highest BCUT2D eigenvalue weighted by atomic mass is 35.5. The molecular formula is C12H12ClNO2S. The van der Waals surface area contributed by atoms with Gasteiger partial charge in [0.05, 0.1) is 23.9 Å². The van der Waals surface area contributed by atoms with Gasteiger partial charge in [-0.15, -0.1) is 11.3 Å². The number of hydrogen-bond acceptors (Lipinski definition) is 4. The van der Waals surface area contributed by atoms with Gasteiger partial charge in [0.2, 0.25) is 0 Å². The minimum Gasteiger partial charge on any atom is -0.492 e. The summed E-state index contributed by atoms with van der Waals surface area (Å²) in [6.07, 6.45) is 0. The molecule has 1 heterocycles. The van der Waals surface area contributed by atoms with Crippen LogP contribution < -0.4 is 4.74 Å². The fourth-order valence-electron chi connectivity index (χ4n) is 1.42. The second kappa shape index (κ2) is 5.49. The predicted molar refractivity (Wildman–Crippen MR) is 69.7 cm³/mol. The molecule has 0 bridgehead atoms. The molecule has 1 N–H and O–H groups in total. The molecule has 0 atom stereocenters. The van der Waals surface area contributed by atoms with Gasteiger partial charge in [0.1, 0.15) is 10.8 Å². The van der Waals surface area contributed by atoms with Crippen LogP contribution >= 0.6 is 22.9 Å². The summed E-state index contributed by atoms with van der Waals surface area (Å²) < 4.78 is 5.36. The van der Waals surface area contributed by atoms with Gasteiger partial charge in [-0.05, 0) is 25.1 Å². The third kappa shape index (κ3) is 2.77. The SMILES string of the molecule is CCOc1ccc(-c2nc(CO)cs2)cc1Cl. The van der Waals surface area contributed by atoms with Crippen molar-refractivity contribution in [3.05, 3.63) is 34.3 Å². The van der Waals surface area contributed by atoms with Crippen molar-refractivity contribution in [2.45, 2.75) is 13.5 Å². The van der Waals surface area contributed by atoms with Crippen LogP contribution in [0.25, 0.3) is 10.6 Å². The quantitative estimate of drug-likeness (QED) is 0.925. The molecule has 0 aliphatic rings. The topological polar surface area (TPSA) is 42.4 Å². The maximum Gasteiger partial charge on any atom is 0.137 e. The number of aromatic nitrogens is 1. The third-order valence-electron chi connectivity index (χ3n) is 2.19. The molecule has 0 aliphatic heterocycles. The average molecular weight is 270 g/mol. The Hall–Kier alpha value is -1.10. The molecule has 0 amide bonds. The molecule has 0 saturated heterocycles. The fraction of sp³-hybridized carbons (Fsp3) is 0.250. The lowest BCUT2D eigenvalue weighted by molar-refractivity contribution is 0.278. The first-order valence-corrected chi connectivity index (χ1v) is 6.48. The van der Waals surface area contributed by atoms with E-state index in [9.17, 15) is 0 Å². The van der Waals surface area contributed by atoms with Gasteiger partial charge in [0.25, 0.3) is 0 Å². The van der Waals surface area contributed by atoms with E-state index in [1.165, 1.54) is 11.3 Å². The minimum atomic E-state index is -0.0404. The summed E-state index contributed by atoms with van der Waals surface area (Å²) in [6.45, 7) is 2.46. The number of thiazole rings is 1. The second-order valence-electron chi connectivity index (χ2n) is 3.38. The van der Waals surface area contributed by atoms with Crippen molar-refractivity contribution in [1.29, 1.82) is 0 Å². The van der Waals surface area contributed by atoms with Crippen molar-refractivity contribution < 1.29 is 9.84 Å². The highest BCUT2D eigenvalue weighted by Gasteiger charge is 2.07. The van der Waals surface area contributed by atoms with Gasteiger partial charge in [-0.1, -0.05) is 11.6 Å². The zero-order chi connectivity index (χ0) is 12.3. The lowest BCUT2D eigenvalue weighted by Gasteiger charge is -2.06. The highest BCUT2D eigenvalue weighted by Crippen LogP contribution is 2.31. The number of aliphatic hydroxyl groups is 1. The van der Waals surface area contributed by atoms with Crippen LogP contribution in [0.2, 0.25) is 5.02 Å². The van der Waals surface area contributed by atoms with Gasteiger partial charge in [-0.2, -0.15) is 0 Å². The van der Waals surface area contributed by atoms with Crippen molar-refractivity contribution in [3.63, 3.8) is 0 Å². The highest BCUT2D eigenvalue weighted by molar-refractivity contribution is 7.13. The van der Waals surface area contributed by atoms with Crippen LogP contribution in [0.15, 0.2) is 23.6 Å². The van der Waals surface area contributed by atoms with E-state index in [1.54, 1.807) is 0 Å². The molecule has 3 nitrogen and oxygen atoms in total. The Morgan fingerprint density at radius 1 is 1.47 bits per heavy atom. The van der Waals surface area contributed by atoms with E-state index in [4.69, 9.17) is 21.4 Å². The summed E-state index contributed by atoms with van der Waals surface area (Å²) in [5.74, 6) is 0.678. The van der Waals surface area contributed by atoms with Crippen LogP contribution in [0.1, 0.15) is 12.6 Å². The molecule has 2 rings (SSSR count). The van der Waals surface area contributed by atoms with Crippen molar-refractivity contribution in [1.82, 2.24) is 4.98 Å². The van der Waals surface area contributed by atoms with Gasteiger partial charge >= 0.3 is 0 Å². The molecule has 0 spiro atoms. The maximum atomic E-state index is 8.96. The Morgan fingerprint density at radius 2 is 2.29 bits per heavy atom. The van der Waals surface area contributed by atoms with Gasteiger partial charge in [0.15, 0.2) is 0 Å². The Labute approximate surface area is 109 Å². The van der Waals surface area contributed by atoms with Gasteiger partial charge < -0.3 is 9.84 Å². The molecule has 0 fully saturated rings. The Kier molecular flexibility index (Phi) is 3.99. The van der Waals surface area contributed by atoms with E-state index in [0.29, 0.717) is 23.1 Å². The summed E-state index contributed by atoms with van der Waals surface area (Å²) in [7, 11) is 0. The number of rotatable bonds is 4. The summed E-state index contributed by atoms with van der Waals surface area (Å²) in [6, 6.07) is 5.57. The van der Waals surface area contributed by atoms with E-state index in [1.807, 2.05) is 30.5 Å². The number of aliphatic hydroxyl groups excluding tert-OH is 1. The van der Waals surface area contributed by atoms with Gasteiger partial charge in [0, 0.05) is 10.9 Å². The standard InChI is InChI=1S/C12H12ClNO2S/c1-2-16-11-4-3-8(5-10(11)13)12-14-9(6-15)7-17-12/h3-5,7,15H,2,6H2,1H3. The van der Waals surface area contributed by atoms with E-state index in [-0.39, 0.29) is 6.61 Å². The first kappa shape index (κ1) is 12.4. The third-order valence-corrected chi connectivity index (χ3v) is 3.43. The first-order valence-electron chi connectivity index (χ1n) is 5.22. The second-order valence-corrected chi connectivity index (χ2v) is 4.65. The molecule has 90 valence electrons. The average Bonchev–Trinajstić information content (AvgIpc) is 2.80. The molecule has 5 heteroatoms. The van der Waals surface area contributed by atoms with Gasteiger partial charge in [-0.3, -0.25) is 0 Å². The lowest BCUT2D eigenvalue weighted by atomic mass is 10.2. The molecular weight excluding hydrogens is 258 g/mol. The number of benzene rings is 1. The van der Waals surface area contributed by atoms with Crippen molar-refractivity contribution >= 4 is 22.9 Å². The number of ether oxygens (including phenoxy) is 1. The molecule has 0 saturated carbocycles. The van der Waals surface area contributed by atoms with Crippen LogP contribution in [-0.4, -0.2) is 16.7 Å². The van der Waals surface area contributed by atoms with Crippen LogP contribution in [-0.2, 0) is 6.61 Å². The first-order chi connectivity index (χ1) is 8.24. The Morgan fingerprint density at radius 3 is 2.88 bits per heavy atom. The zero-order valence-electron chi connectivity index (χ0n) is 9.31. The number of halogens is 1. The van der Waals surface area contributed by atoms with Crippen LogP contribution in [0.4, 0.5) is 0 Å². The minimum absolute atomic E-state index is 0.0404. The van der Waals surface area contributed by atoms with Crippen LogP contribution in [0.5, 0.6) is 5.75 Å². The Bertz CT molecular complexity index is 513. The monoisotopic (exact) mass is 269 g/mol. The van der Waals surface area contributed by atoms with E-state index >= 15 is 0 Å². The van der Waals surface area contributed by atoms with E-state index in [0.717, 1.165) is 10.6 Å². The number of nitrogens with zero attached hydrogens (tertiary/aromatic N) is 1. The molecule has 2 aromatic rings. The zero-order valence-corrected chi connectivity index (χ0v) is 10.9. The normalized spacial score (nSPS) is 10.5. The van der Waals surface area contributed by atoms with E-state index < -0.39 is 0 Å². The van der Waals surface area contributed by atoms with E-state index in [2.05, 4.69) is 4.98 Å². The Balaban J connectivity index is 2.30. The van der Waals surface area contributed by atoms with Crippen molar-refractivity contribution in [3.8, 4) is 16.3 Å². The molecule has 0 radical (unpaired) electrons. The molecule has 0 aliphatic carbocycles. The fourth-order valence-corrected chi connectivity index (χ4v) is 2.46. The van der Waals surface area contributed by atoms with Gasteiger partial charge in [-0.25, -0.2) is 4.98 Å². The maximum absolute atomic E-state index is 8.96. The molecule has 1 aromatic carbocycles. The summed E-state index contributed by atoms with van der Waals surface area (Å²) in [5, 5.41) is 12.2. The van der Waals surface area contributed by atoms with Crippen LogP contribution in [0, 0.1) is 0 Å². The van der Waals surface area contributed by atoms with Crippen LogP contribution in [0.3, 0.4) is 0 Å². The summed E-state index contributed by atoms with van der Waals surface area (Å²) >= 11 is 7.59. The number of hydrogen-bond donors (Lipinski definition) is 1. The molecule has 0 unspecified atom stereocenters. The van der Waals surface area contributed by atoms with Crippen molar-refractivity contribution in [2.75, 3.05) is 6.61 Å². The molecule has 1 aromatic heterocycles. The summed E-state index contributed by atoms with van der Waals surface area (Å²) in [4.78, 5) is 4.28. The summed E-state index contributed by atoms with van der Waals surface area (Å²) in [5.41, 5.74) is 1.61. The lowest BCUT2D eigenvalue weighted by Crippen LogP contribution is -1.92. The largest absolute Gasteiger partial charge is 0.492 e.